The van der Waals surface area contributed by atoms with Crippen LogP contribution in [-0.2, 0) is 4.79 Å². The van der Waals surface area contributed by atoms with Crippen LogP contribution in [0.3, 0.4) is 0 Å². The summed E-state index contributed by atoms with van der Waals surface area (Å²) < 4.78 is 0. The molecule has 0 spiro atoms. The van der Waals surface area contributed by atoms with E-state index in [2.05, 4.69) is 32.1 Å². The SMILES string of the molecule is CCCCC1=NCC2C(=C1)CC=C(C)C=C2C1CCCCC1N=CC(=O)N1CCCC1. The van der Waals surface area contributed by atoms with Crippen molar-refractivity contribution < 1.29 is 4.79 Å². The molecule has 31 heavy (non-hydrogen) atoms. The molecule has 1 saturated heterocycles. The predicted molar refractivity (Wildman–Crippen MR) is 130 cm³/mol. The fourth-order valence-electron chi connectivity index (χ4n) is 5.64. The summed E-state index contributed by atoms with van der Waals surface area (Å²) in [5, 5.41) is 0. The summed E-state index contributed by atoms with van der Waals surface area (Å²) >= 11 is 0. The van der Waals surface area contributed by atoms with E-state index in [4.69, 9.17) is 9.98 Å². The molecule has 0 aromatic rings. The molecule has 168 valence electrons. The van der Waals surface area contributed by atoms with Crippen LogP contribution in [0, 0.1) is 11.8 Å². The molecule has 3 unspecified atom stereocenters. The van der Waals surface area contributed by atoms with Crippen molar-refractivity contribution in [1.29, 1.82) is 0 Å². The molecule has 0 radical (unpaired) electrons. The van der Waals surface area contributed by atoms with E-state index in [1.807, 2.05) is 4.90 Å². The highest BCUT2D eigenvalue weighted by Crippen LogP contribution is 2.42. The number of unbranched alkanes of at least 4 members (excludes halogenated alkanes) is 1. The lowest BCUT2D eigenvalue weighted by Crippen LogP contribution is -2.32. The molecule has 1 amide bonds. The third kappa shape index (κ3) is 5.45. The number of rotatable bonds is 6. The first kappa shape index (κ1) is 22.2. The molecule has 2 fully saturated rings. The van der Waals surface area contributed by atoms with E-state index in [0.29, 0.717) is 11.8 Å². The molecule has 0 aromatic heterocycles. The number of carbonyl (C=O) groups is 1. The molecular weight excluding hydrogens is 382 g/mol. The average Bonchev–Trinajstić information content (AvgIpc) is 3.28. The van der Waals surface area contributed by atoms with Gasteiger partial charge in [-0.2, -0.15) is 0 Å². The van der Waals surface area contributed by atoms with Crippen molar-refractivity contribution in [2.45, 2.75) is 84.1 Å². The maximum absolute atomic E-state index is 12.6. The van der Waals surface area contributed by atoms with Gasteiger partial charge in [0.2, 0.25) is 0 Å². The second kappa shape index (κ2) is 10.6. The summed E-state index contributed by atoms with van der Waals surface area (Å²) in [4.78, 5) is 24.4. The van der Waals surface area contributed by atoms with Crippen LogP contribution in [0.5, 0.6) is 0 Å². The van der Waals surface area contributed by atoms with Gasteiger partial charge in [0.1, 0.15) is 0 Å². The van der Waals surface area contributed by atoms with E-state index in [0.717, 1.165) is 51.7 Å². The van der Waals surface area contributed by atoms with Gasteiger partial charge in [-0.1, -0.05) is 55.1 Å². The maximum atomic E-state index is 12.6. The molecule has 0 aromatic carbocycles. The fourth-order valence-corrected chi connectivity index (χ4v) is 5.64. The van der Waals surface area contributed by atoms with Crippen molar-refractivity contribution in [3.05, 3.63) is 34.9 Å². The summed E-state index contributed by atoms with van der Waals surface area (Å²) in [6, 6.07) is 0.226. The molecule has 3 atom stereocenters. The fraction of sp³-hybridized carbons (Fsp3) is 0.667. The average molecular weight is 422 g/mol. The van der Waals surface area contributed by atoms with Crippen LogP contribution >= 0.6 is 0 Å². The molecule has 2 aliphatic heterocycles. The standard InChI is InChI=1S/C27H39N3O/c1-3-4-9-22-17-21-13-12-20(2)16-24(25(21)18-28-22)23-10-5-6-11-26(23)29-19-27(31)30-14-7-8-15-30/h12,16-17,19,23,25-26H,3-11,13-15,18H2,1-2H3. The lowest BCUT2D eigenvalue weighted by atomic mass is 9.72. The summed E-state index contributed by atoms with van der Waals surface area (Å²) in [5.74, 6) is 0.948. The van der Waals surface area contributed by atoms with Crippen molar-refractivity contribution in [1.82, 2.24) is 4.90 Å². The first-order valence-corrected chi connectivity index (χ1v) is 12.6. The lowest BCUT2D eigenvalue weighted by Gasteiger charge is -2.36. The van der Waals surface area contributed by atoms with Crippen molar-refractivity contribution >= 4 is 17.8 Å². The van der Waals surface area contributed by atoms with Gasteiger partial charge in [-0.3, -0.25) is 14.8 Å². The largest absolute Gasteiger partial charge is 0.338 e. The summed E-state index contributed by atoms with van der Waals surface area (Å²) in [6.45, 7) is 7.15. The minimum absolute atomic E-state index is 0.108. The highest BCUT2D eigenvalue weighted by molar-refractivity contribution is 6.26. The molecular formula is C27H39N3O. The van der Waals surface area contributed by atoms with Gasteiger partial charge in [-0.15, -0.1) is 0 Å². The van der Waals surface area contributed by atoms with Gasteiger partial charge in [0, 0.05) is 37.2 Å². The third-order valence-corrected chi connectivity index (χ3v) is 7.47. The van der Waals surface area contributed by atoms with Gasteiger partial charge in [0.05, 0.1) is 12.3 Å². The van der Waals surface area contributed by atoms with Crippen molar-refractivity contribution in [2.24, 2.45) is 21.8 Å². The molecule has 4 nitrogen and oxygen atoms in total. The minimum Gasteiger partial charge on any atom is -0.338 e. The molecule has 1 saturated carbocycles. The van der Waals surface area contributed by atoms with Crippen molar-refractivity contribution in [3.63, 3.8) is 0 Å². The quantitative estimate of drug-likeness (QED) is 0.507. The highest BCUT2D eigenvalue weighted by Gasteiger charge is 2.34. The van der Waals surface area contributed by atoms with Gasteiger partial charge in [-0.05, 0) is 57.9 Å². The first-order valence-electron chi connectivity index (χ1n) is 12.6. The number of likely N-dealkylation sites (tertiary alicyclic amines) is 1. The van der Waals surface area contributed by atoms with Crippen LogP contribution in [0.1, 0.15) is 78.1 Å². The molecule has 2 heterocycles. The monoisotopic (exact) mass is 421 g/mol. The highest BCUT2D eigenvalue weighted by atomic mass is 16.2. The van der Waals surface area contributed by atoms with Gasteiger partial charge in [0.25, 0.3) is 5.91 Å². The van der Waals surface area contributed by atoms with E-state index < -0.39 is 0 Å². The summed E-state index contributed by atoms with van der Waals surface area (Å²) in [6.07, 6.45) is 20.4. The number of nitrogens with zero attached hydrogens (tertiary/aromatic N) is 3. The van der Waals surface area contributed by atoms with Crippen LogP contribution in [0.15, 0.2) is 44.9 Å². The van der Waals surface area contributed by atoms with Crippen molar-refractivity contribution in [3.8, 4) is 0 Å². The lowest BCUT2D eigenvalue weighted by molar-refractivity contribution is -0.122. The first-order chi connectivity index (χ1) is 15.2. The number of fused-ring (bicyclic) bond motifs is 1. The summed E-state index contributed by atoms with van der Waals surface area (Å²) in [7, 11) is 0. The van der Waals surface area contributed by atoms with Crippen LogP contribution in [-0.4, -0.2) is 48.4 Å². The Kier molecular flexibility index (Phi) is 7.58. The number of dihydropyridines is 1. The number of hydrogen-bond donors (Lipinski definition) is 0. The second-order valence-electron chi connectivity index (χ2n) is 9.77. The van der Waals surface area contributed by atoms with Crippen LogP contribution in [0.4, 0.5) is 0 Å². The van der Waals surface area contributed by atoms with E-state index in [1.54, 1.807) is 6.21 Å². The molecule has 4 aliphatic rings. The number of aliphatic imine (C=N–C) groups is 2. The Balaban J connectivity index is 1.53. The van der Waals surface area contributed by atoms with E-state index in [-0.39, 0.29) is 11.9 Å². The van der Waals surface area contributed by atoms with E-state index in [9.17, 15) is 4.79 Å². The molecule has 4 rings (SSSR count). The predicted octanol–water partition coefficient (Wildman–Crippen LogP) is 5.70. The number of carbonyl (C=O) groups excluding carboxylic acids is 1. The zero-order valence-electron chi connectivity index (χ0n) is 19.5. The number of hydrogen-bond acceptors (Lipinski definition) is 3. The molecule has 0 bridgehead atoms. The Morgan fingerprint density at radius 2 is 2.00 bits per heavy atom. The molecule has 4 heteroatoms. The normalized spacial score (nSPS) is 29.1. The van der Waals surface area contributed by atoms with Crippen LogP contribution in [0.2, 0.25) is 0 Å². The molecule has 2 aliphatic carbocycles. The van der Waals surface area contributed by atoms with Crippen molar-refractivity contribution in [2.75, 3.05) is 19.6 Å². The minimum atomic E-state index is 0.108. The molecule has 0 N–H and O–H groups in total. The van der Waals surface area contributed by atoms with Gasteiger partial charge in [-0.25, -0.2) is 0 Å². The van der Waals surface area contributed by atoms with E-state index >= 15 is 0 Å². The third-order valence-electron chi connectivity index (χ3n) is 7.47. The van der Waals surface area contributed by atoms with E-state index in [1.165, 1.54) is 54.5 Å². The topological polar surface area (TPSA) is 45.0 Å². The Morgan fingerprint density at radius 3 is 2.81 bits per heavy atom. The van der Waals surface area contributed by atoms with Gasteiger partial charge < -0.3 is 4.90 Å². The Bertz CT molecular complexity index is 810. The number of allylic oxidation sites excluding steroid dienone is 4. The maximum Gasteiger partial charge on any atom is 0.264 e. The Morgan fingerprint density at radius 1 is 1.19 bits per heavy atom. The van der Waals surface area contributed by atoms with Gasteiger partial charge >= 0.3 is 0 Å². The number of amides is 1. The Hall–Kier alpha value is -1.97. The summed E-state index contributed by atoms with van der Waals surface area (Å²) in [5.41, 5.74) is 5.70. The second-order valence-corrected chi connectivity index (χ2v) is 9.77. The van der Waals surface area contributed by atoms with Crippen LogP contribution in [0.25, 0.3) is 0 Å². The van der Waals surface area contributed by atoms with Crippen LogP contribution < -0.4 is 0 Å². The zero-order chi connectivity index (χ0) is 21.6. The Labute approximate surface area is 188 Å². The smallest absolute Gasteiger partial charge is 0.264 e. The van der Waals surface area contributed by atoms with Gasteiger partial charge in [0.15, 0.2) is 0 Å². The zero-order valence-corrected chi connectivity index (χ0v) is 19.5.